The maximum atomic E-state index is 12.3. The third-order valence-electron chi connectivity index (χ3n) is 3.75. The summed E-state index contributed by atoms with van der Waals surface area (Å²) in [5.74, 6) is -0.672. The van der Waals surface area contributed by atoms with Crippen molar-refractivity contribution in [1.82, 2.24) is 5.32 Å². The number of hydrogen-bond acceptors (Lipinski definition) is 3. The Balaban J connectivity index is 1.90. The zero-order chi connectivity index (χ0) is 16.2. The molecule has 1 unspecified atom stereocenters. The molecule has 22 heavy (non-hydrogen) atoms. The van der Waals surface area contributed by atoms with Crippen molar-refractivity contribution in [3.05, 3.63) is 29.3 Å². The summed E-state index contributed by atoms with van der Waals surface area (Å²) < 4.78 is 5.46. The molecule has 1 aromatic carbocycles. The van der Waals surface area contributed by atoms with Crippen LogP contribution in [0.3, 0.4) is 0 Å². The van der Waals surface area contributed by atoms with Gasteiger partial charge in [-0.2, -0.15) is 0 Å². The topological polar surface area (TPSA) is 67.4 Å². The molecule has 120 valence electrons. The molecule has 6 heteroatoms. The largest absolute Gasteiger partial charge is 0.376 e. The first-order valence-corrected chi connectivity index (χ1v) is 7.74. The summed E-state index contributed by atoms with van der Waals surface area (Å²) >= 11 is 5.80. The van der Waals surface area contributed by atoms with E-state index in [2.05, 4.69) is 10.6 Å². The molecule has 0 spiro atoms. The fourth-order valence-electron chi connectivity index (χ4n) is 2.16. The molecule has 5 nitrogen and oxygen atoms in total. The van der Waals surface area contributed by atoms with Crippen LogP contribution in [0.5, 0.6) is 0 Å². The zero-order valence-corrected chi connectivity index (χ0v) is 13.6. The molecule has 0 saturated carbocycles. The molecular weight excluding hydrogens is 304 g/mol. The van der Waals surface area contributed by atoms with E-state index >= 15 is 0 Å². The average Bonchev–Trinajstić information content (AvgIpc) is 3.00. The predicted octanol–water partition coefficient (Wildman–Crippen LogP) is 2.60. The molecule has 1 fully saturated rings. The van der Waals surface area contributed by atoms with E-state index < -0.39 is 5.41 Å². The van der Waals surface area contributed by atoms with E-state index in [4.69, 9.17) is 16.3 Å². The van der Waals surface area contributed by atoms with Crippen molar-refractivity contribution in [2.75, 3.05) is 18.5 Å². The van der Waals surface area contributed by atoms with Crippen molar-refractivity contribution >= 4 is 29.1 Å². The van der Waals surface area contributed by atoms with Gasteiger partial charge in [0.25, 0.3) is 0 Å². The van der Waals surface area contributed by atoms with Gasteiger partial charge >= 0.3 is 0 Å². The van der Waals surface area contributed by atoms with Gasteiger partial charge in [-0.25, -0.2) is 0 Å². The maximum Gasteiger partial charge on any atom is 0.239 e. The summed E-state index contributed by atoms with van der Waals surface area (Å²) in [6.07, 6.45) is 2.01. The van der Waals surface area contributed by atoms with Gasteiger partial charge in [-0.15, -0.1) is 0 Å². The Kier molecular flexibility index (Phi) is 5.42. The van der Waals surface area contributed by atoms with Gasteiger partial charge < -0.3 is 15.4 Å². The van der Waals surface area contributed by atoms with Gasteiger partial charge in [0.15, 0.2) is 0 Å². The highest BCUT2D eigenvalue weighted by Gasteiger charge is 2.36. The minimum Gasteiger partial charge on any atom is -0.376 e. The second-order valence-corrected chi connectivity index (χ2v) is 6.37. The van der Waals surface area contributed by atoms with E-state index in [1.165, 1.54) is 0 Å². The number of halogens is 1. The summed E-state index contributed by atoms with van der Waals surface area (Å²) in [4.78, 5) is 24.6. The number of hydrogen-bond donors (Lipinski definition) is 2. The van der Waals surface area contributed by atoms with Crippen molar-refractivity contribution in [2.24, 2.45) is 5.41 Å². The van der Waals surface area contributed by atoms with E-state index in [-0.39, 0.29) is 17.9 Å². The lowest BCUT2D eigenvalue weighted by Crippen LogP contribution is -2.47. The molecule has 0 radical (unpaired) electrons. The SMILES string of the molecule is CC(C)(C(=O)NCC1CCCO1)C(=O)Nc1ccc(Cl)cc1. The highest BCUT2D eigenvalue weighted by Crippen LogP contribution is 2.21. The van der Waals surface area contributed by atoms with Gasteiger partial charge in [0.1, 0.15) is 5.41 Å². The minimum atomic E-state index is -1.17. The Morgan fingerprint density at radius 3 is 2.55 bits per heavy atom. The van der Waals surface area contributed by atoms with Crippen LogP contribution >= 0.6 is 11.6 Å². The van der Waals surface area contributed by atoms with Gasteiger partial charge in [0.05, 0.1) is 6.10 Å². The van der Waals surface area contributed by atoms with Gasteiger partial charge in [-0.1, -0.05) is 11.6 Å². The van der Waals surface area contributed by atoms with Gasteiger partial charge in [0, 0.05) is 23.9 Å². The van der Waals surface area contributed by atoms with Crippen molar-refractivity contribution in [3.8, 4) is 0 Å². The van der Waals surface area contributed by atoms with Crippen LogP contribution in [0.1, 0.15) is 26.7 Å². The van der Waals surface area contributed by atoms with E-state index in [0.29, 0.717) is 17.3 Å². The number of anilines is 1. The number of rotatable bonds is 5. The molecular formula is C16H21ClN2O3. The summed E-state index contributed by atoms with van der Waals surface area (Å²) in [6, 6.07) is 6.75. The smallest absolute Gasteiger partial charge is 0.239 e. The molecule has 2 N–H and O–H groups in total. The maximum absolute atomic E-state index is 12.3. The highest BCUT2D eigenvalue weighted by atomic mass is 35.5. The first-order valence-electron chi connectivity index (χ1n) is 7.36. The summed E-state index contributed by atoms with van der Waals surface area (Å²) in [5.41, 5.74) is -0.562. The molecule has 1 atom stereocenters. The van der Waals surface area contributed by atoms with E-state index in [1.54, 1.807) is 38.1 Å². The minimum absolute atomic E-state index is 0.0547. The van der Waals surface area contributed by atoms with Gasteiger partial charge in [0.2, 0.25) is 11.8 Å². The van der Waals surface area contributed by atoms with E-state index in [9.17, 15) is 9.59 Å². The van der Waals surface area contributed by atoms with Crippen molar-refractivity contribution in [2.45, 2.75) is 32.8 Å². The van der Waals surface area contributed by atoms with Crippen molar-refractivity contribution < 1.29 is 14.3 Å². The Bertz CT molecular complexity index is 537. The molecule has 1 aromatic rings. The average molecular weight is 325 g/mol. The number of benzene rings is 1. The Morgan fingerprint density at radius 1 is 1.27 bits per heavy atom. The van der Waals surface area contributed by atoms with Gasteiger partial charge in [-0.3, -0.25) is 9.59 Å². The lowest BCUT2D eigenvalue weighted by molar-refractivity contribution is -0.138. The highest BCUT2D eigenvalue weighted by molar-refractivity contribution is 6.30. The van der Waals surface area contributed by atoms with Crippen LogP contribution in [0.4, 0.5) is 5.69 Å². The first-order chi connectivity index (χ1) is 10.4. The van der Waals surface area contributed by atoms with E-state index in [1.807, 2.05) is 0 Å². The zero-order valence-electron chi connectivity index (χ0n) is 12.8. The van der Waals surface area contributed by atoms with Gasteiger partial charge in [-0.05, 0) is 51.0 Å². The quantitative estimate of drug-likeness (QED) is 0.818. The molecule has 1 aliphatic heterocycles. The van der Waals surface area contributed by atoms with Crippen molar-refractivity contribution in [1.29, 1.82) is 0 Å². The van der Waals surface area contributed by atoms with E-state index in [0.717, 1.165) is 19.4 Å². The summed E-state index contributed by atoms with van der Waals surface area (Å²) in [7, 11) is 0. The normalized spacial score (nSPS) is 18.0. The molecule has 1 aliphatic rings. The number of carbonyl (C=O) groups is 2. The Hall–Kier alpha value is -1.59. The van der Waals surface area contributed by atoms with Crippen LogP contribution in [0, 0.1) is 5.41 Å². The third-order valence-corrected chi connectivity index (χ3v) is 4.00. The molecule has 0 aromatic heterocycles. The van der Waals surface area contributed by atoms with Crippen LogP contribution in [0.15, 0.2) is 24.3 Å². The molecule has 1 heterocycles. The Labute approximate surface area is 135 Å². The molecule has 1 saturated heterocycles. The number of amides is 2. The lowest BCUT2D eigenvalue weighted by Gasteiger charge is -2.23. The summed E-state index contributed by atoms with van der Waals surface area (Å²) in [5, 5.41) is 6.11. The standard InChI is InChI=1S/C16H21ClN2O3/c1-16(2,14(20)18-10-13-4-3-9-22-13)15(21)19-12-7-5-11(17)6-8-12/h5-8,13H,3-4,9-10H2,1-2H3,(H,18,20)(H,19,21). The predicted molar refractivity (Wildman–Crippen MR) is 85.8 cm³/mol. The fourth-order valence-corrected chi connectivity index (χ4v) is 2.28. The molecule has 0 bridgehead atoms. The molecule has 2 rings (SSSR count). The molecule has 2 amide bonds. The number of ether oxygens (including phenoxy) is 1. The van der Waals surface area contributed by atoms with Crippen LogP contribution in [0.2, 0.25) is 5.02 Å². The first kappa shape index (κ1) is 16.8. The second kappa shape index (κ2) is 7.11. The van der Waals surface area contributed by atoms with Crippen LogP contribution in [-0.4, -0.2) is 31.1 Å². The summed E-state index contributed by atoms with van der Waals surface area (Å²) in [6.45, 7) is 4.38. The van der Waals surface area contributed by atoms with Crippen molar-refractivity contribution in [3.63, 3.8) is 0 Å². The third kappa shape index (κ3) is 4.21. The van der Waals surface area contributed by atoms with Crippen LogP contribution in [-0.2, 0) is 14.3 Å². The number of carbonyl (C=O) groups excluding carboxylic acids is 2. The molecule has 0 aliphatic carbocycles. The Morgan fingerprint density at radius 2 is 1.95 bits per heavy atom. The monoisotopic (exact) mass is 324 g/mol. The van der Waals surface area contributed by atoms with Crippen LogP contribution in [0.25, 0.3) is 0 Å². The lowest BCUT2D eigenvalue weighted by atomic mass is 9.91. The fraction of sp³-hybridized carbons (Fsp3) is 0.500. The number of nitrogens with one attached hydrogen (secondary N) is 2. The second-order valence-electron chi connectivity index (χ2n) is 5.93. The van der Waals surface area contributed by atoms with Crippen LogP contribution < -0.4 is 10.6 Å².